The van der Waals surface area contributed by atoms with Crippen LogP contribution < -0.4 is 5.32 Å². The monoisotopic (exact) mass is 318 g/mol. The van der Waals surface area contributed by atoms with Gasteiger partial charge in [0.15, 0.2) is 0 Å². The smallest absolute Gasteiger partial charge is 0.129 e. The second kappa shape index (κ2) is 6.61. The van der Waals surface area contributed by atoms with Gasteiger partial charge in [-0.15, -0.1) is 12.4 Å². The fraction of sp³-hybridized carbons (Fsp3) is 0.600. The SMILES string of the molecule is Cl.Fc1cccc(Cl)c1CN1CCC2(CCNCC2)C1. The Hall–Kier alpha value is -0.350. The van der Waals surface area contributed by atoms with Crippen LogP contribution in [0.15, 0.2) is 18.2 Å². The van der Waals surface area contributed by atoms with Crippen molar-refractivity contribution in [2.45, 2.75) is 25.8 Å². The van der Waals surface area contributed by atoms with Crippen LogP contribution in [-0.2, 0) is 6.54 Å². The molecule has 112 valence electrons. The Morgan fingerprint density at radius 2 is 2.00 bits per heavy atom. The average Bonchev–Trinajstić information content (AvgIpc) is 2.78. The largest absolute Gasteiger partial charge is 0.317 e. The summed E-state index contributed by atoms with van der Waals surface area (Å²) in [4.78, 5) is 2.36. The van der Waals surface area contributed by atoms with Gasteiger partial charge in [-0.1, -0.05) is 17.7 Å². The lowest BCUT2D eigenvalue weighted by molar-refractivity contribution is 0.193. The third kappa shape index (κ3) is 3.28. The Kier molecular flexibility index (Phi) is 5.30. The molecule has 0 amide bonds. The lowest BCUT2D eigenvalue weighted by atomic mass is 9.78. The van der Waals surface area contributed by atoms with Crippen molar-refractivity contribution in [2.24, 2.45) is 5.41 Å². The Labute approximate surface area is 131 Å². The summed E-state index contributed by atoms with van der Waals surface area (Å²) < 4.78 is 13.8. The number of hydrogen-bond acceptors (Lipinski definition) is 2. The van der Waals surface area contributed by atoms with E-state index in [4.69, 9.17) is 11.6 Å². The van der Waals surface area contributed by atoms with E-state index in [2.05, 4.69) is 10.2 Å². The minimum absolute atomic E-state index is 0. The van der Waals surface area contributed by atoms with Gasteiger partial charge in [-0.05, 0) is 56.4 Å². The van der Waals surface area contributed by atoms with Crippen LogP contribution in [0.4, 0.5) is 4.39 Å². The lowest BCUT2D eigenvalue weighted by Crippen LogP contribution is -2.38. The molecule has 5 heteroatoms. The van der Waals surface area contributed by atoms with Gasteiger partial charge in [0.2, 0.25) is 0 Å². The van der Waals surface area contributed by atoms with Crippen molar-refractivity contribution in [1.29, 1.82) is 0 Å². The van der Waals surface area contributed by atoms with Crippen LogP contribution in [0.25, 0.3) is 0 Å². The van der Waals surface area contributed by atoms with Gasteiger partial charge in [0, 0.05) is 23.7 Å². The second-order valence-corrected chi connectivity index (χ2v) is 6.32. The highest BCUT2D eigenvalue weighted by Crippen LogP contribution is 2.39. The van der Waals surface area contributed by atoms with E-state index in [0.29, 0.717) is 22.5 Å². The fourth-order valence-corrected chi connectivity index (χ4v) is 3.66. The molecule has 0 aromatic heterocycles. The molecule has 0 bridgehead atoms. The van der Waals surface area contributed by atoms with Gasteiger partial charge >= 0.3 is 0 Å². The first kappa shape index (κ1) is 16.0. The summed E-state index contributed by atoms with van der Waals surface area (Å²) in [5, 5.41) is 3.97. The van der Waals surface area contributed by atoms with Crippen LogP contribution in [-0.4, -0.2) is 31.1 Å². The summed E-state index contributed by atoms with van der Waals surface area (Å²) in [6.45, 7) is 5.02. The predicted octanol–water partition coefficient (Wildman–Crippen LogP) is 3.48. The predicted molar refractivity (Wildman–Crippen MR) is 83.1 cm³/mol. The molecule has 2 aliphatic heterocycles. The molecule has 0 atom stereocenters. The second-order valence-electron chi connectivity index (χ2n) is 5.91. The maximum absolute atomic E-state index is 13.8. The highest BCUT2D eigenvalue weighted by atomic mass is 35.5. The van der Waals surface area contributed by atoms with E-state index in [1.165, 1.54) is 25.3 Å². The summed E-state index contributed by atoms with van der Waals surface area (Å²) in [6, 6.07) is 4.94. The molecule has 0 radical (unpaired) electrons. The van der Waals surface area contributed by atoms with E-state index in [1.807, 2.05) is 0 Å². The summed E-state index contributed by atoms with van der Waals surface area (Å²) in [7, 11) is 0. The van der Waals surface area contributed by atoms with Gasteiger partial charge in [-0.2, -0.15) is 0 Å². The number of benzene rings is 1. The summed E-state index contributed by atoms with van der Waals surface area (Å²) >= 11 is 6.11. The maximum atomic E-state index is 13.8. The van der Waals surface area contributed by atoms with E-state index in [0.717, 1.165) is 26.2 Å². The molecule has 2 nitrogen and oxygen atoms in total. The first-order valence-corrected chi connectivity index (χ1v) is 7.42. The molecule has 2 heterocycles. The highest BCUT2D eigenvalue weighted by molar-refractivity contribution is 6.31. The third-order valence-electron chi connectivity index (χ3n) is 4.63. The Morgan fingerprint density at radius 3 is 2.70 bits per heavy atom. The topological polar surface area (TPSA) is 15.3 Å². The number of likely N-dealkylation sites (tertiary alicyclic amines) is 1. The van der Waals surface area contributed by atoms with Crippen molar-refractivity contribution in [1.82, 2.24) is 10.2 Å². The van der Waals surface area contributed by atoms with Crippen LogP contribution in [0.2, 0.25) is 5.02 Å². The lowest BCUT2D eigenvalue weighted by Gasteiger charge is -2.34. The molecule has 20 heavy (non-hydrogen) atoms. The summed E-state index contributed by atoms with van der Waals surface area (Å²) in [5.41, 5.74) is 1.11. The first-order chi connectivity index (χ1) is 9.19. The number of nitrogens with one attached hydrogen (secondary N) is 1. The molecule has 1 aromatic carbocycles. The molecule has 3 rings (SSSR count). The normalized spacial score (nSPS) is 21.9. The zero-order chi connectivity index (χ0) is 13.3. The van der Waals surface area contributed by atoms with Gasteiger partial charge < -0.3 is 5.32 Å². The molecule has 0 saturated carbocycles. The van der Waals surface area contributed by atoms with Gasteiger partial charge in [0.05, 0.1) is 0 Å². The Balaban J connectivity index is 0.00000147. The van der Waals surface area contributed by atoms with Crippen molar-refractivity contribution in [3.05, 3.63) is 34.6 Å². The molecule has 1 spiro atoms. The molecule has 0 unspecified atom stereocenters. The van der Waals surface area contributed by atoms with Gasteiger partial charge in [0.1, 0.15) is 5.82 Å². The number of hydrogen-bond donors (Lipinski definition) is 1. The number of rotatable bonds is 2. The van der Waals surface area contributed by atoms with Crippen molar-refractivity contribution < 1.29 is 4.39 Å². The zero-order valence-electron chi connectivity index (χ0n) is 11.5. The van der Waals surface area contributed by atoms with E-state index < -0.39 is 0 Å². The Morgan fingerprint density at radius 1 is 1.25 bits per heavy atom. The molecule has 2 saturated heterocycles. The van der Waals surface area contributed by atoms with Crippen molar-refractivity contribution in [2.75, 3.05) is 26.2 Å². The minimum Gasteiger partial charge on any atom is -0.317 e. The molecule has 0 aliphatic carbocycles. The van der Waals surface area contributed by atoms with E-state index in [-0.39, 0.29) is 18.2 Å². The first-order valence-electron chi connectivity index (χ1n) is 7.05. The van der Waals surface area contributed by atoms with Crippen LogP contribution in [0.5, 0.6) is 0 Å². The van der Waals surface area contributed by atoms with Crippen molar-refractivity contribution in [3.8, 4) is 0 Å². The molecular weight excluding hydrogens is 298 g/mol. The molecular formula is C15H21Cl2FN2. The number of piperidine rings is 1. The van der Waals surface area contributed by atoms with Crippen LogP contribution in [0, 0.1) is 11.2 Å². The molecule has 1 N–H and O–H groups in total. The van der Waals surface area contributed by atoms with Gasteiger partial charge in [-0.3, -0.25) is 4.90 Å². The molecule has 2 fully saturated rings. The summed E-state index contributed by atoms with van der Waals surface area (Å²) in [5.74, 6) is -0.182. The molecule has 1 aromatic rings. The third-order valence-corrected chi connectivity index (χ3v) is 4.98. The van der Waals surface area contributed by atoms with Crippen LogP contribution >= 0.6 is 24.0 Å². The molecule has 2 aliphatic rings. The van der Waals surface area contributed by atoms with E-state index in [9.17, 15) is 4.39 Å². The minimum atomic E-state index is -0.182. The van der Waals surface area contributed by atoms with E-state index >= 15 is 0 Å². The average molecular weight is 319 g/mol. The standard InChI is InChI=1S/C15H20ClFN2.ClH/c16-13-2-1-3-14(17)12(13)10-19-9-6-15(11-19)4-7-18-8-5-15;/h1-3,18H,4-11H2;1H. The van der Waals surface area contributed by atoms with Crippen molar-refractivity contribution in [3.63, 3.8) is 0 Å². The van der Waals surface area contributed by atoms with Gasteiger partial charge in [0.25, 0.3) is 0 Å². The summed E-state index contributed by atoms with van der Waals surface area (Å²) in [6.07, 6.45) is 3.73. The maximum Gasteiger partial charge on any atom is 0.129 e. The number of halogens is 3. The quantitative estimate of drug-likeness (QED) is 0.898. The number of nitrogens with zero attached hydrogens (tertiary/aromatic N) is 1. The van der Waals surface area contributed by atoms with Crippen molar-refractivity contribution >= 4 is 24.0 Å². The van der Waals surface area contributed by atoms with Gasteiger partial charge in [-0.25, -0.2) is 4.39 Å². The van der Waals surface area contributed by atoms with E-state index in [1.54, 1.807) is 12.1 Å². The van der Waals surface area contributed by atoms with Crippen LogP contribution in [0.1, 0.15) is 24.8 Å². The van der Waals surface area contributed by atoms with Crippen LogP contribution in [0.3, 0.4) is 0 Å². The highest BCUT2D eigenvalue weighted by Gasteiger charge is 2.38. The fourth-order valence-electron chi connectivity index (χ4n) is 3.43. The Bertz CT molecular complexity index is 441. The zero-order valence-corrected chi connectivity index (χ0v) is 13.1.